The number of rotatable bonds is 12. The van der Waals surface area contributed by atoms with Crippen LogP contribution in [0.2, 0.25) is 0 Å². The highest BCUT2D eigenvalue weighted by Gasteiger charge is 2.12. The SMILES string of the molecule is C=CN=C(C)CC(C)C.CC.CNC(C)Cc1cnc2ccccn12.Cc1cccn2c(CC(C)N(C)C)ncc12.Cc1ccn2c(CC(C)N(C)C)ncc2c1. The van der Waals surface area contributed by atoms with Crippen LogP contribution in [0, 0.1) is 19.8 Å². The maximum absolute atomic E-state index is 4.51. The first-order chi connectivity index (χ1) is 27.1. The van der Waals surface area contributed by atoms with Gasteiger partial charge in [-0.1, -0.05) is 46.4 Å². The highest BCUT2D eigenvalue weighted by molar-refractivity contribution is 5.82. The fourth-order valence-electron chi connectivity index (χ4n) is 5.93. The fourth-order valence-corrected chi connectivity index (χ4v) is 5.93. The topological polar surface area (TPSA) is 82.8 Å². The summed E-state index contributed by atoms with van der Waals surface area (Å²) in [5.74, 6) is 2.98. The highest BCUT2D eigenvalue weighted by atomic mass is 15.1. The molecule has 0 saturated heterocycles. The summed E-state index contributed by atoms with van der Waals surface area (Å²) in [6.45, 7) is 24.7. The quantitative estimate of drug-likeness (QED) is 0.125. The number of aromatic nitrogens is 6. The molecule has 0 fully saturated rings. The number of nitrogens with one attached hydrogen (secondary N) is 1. The van der Waals surface area contributed by atoms with Gasteiger partial charge in [0.2, 0.25) is 0 Å². The van der Waals surface area contributed by atoms with Crippen molar-refractivity contribution in [3.63, 3.8) is 0 Å². The van der Waals surface area contributed by atoms with Crippen LogP contribution in [0.1, 0.15) is 90.3 Å². The fraction of sp³-hybridized carbons (Fsp3) is 0.489. The van der Waals surface area contributed by atoms with E-state index in [4.69, 9.17) is 0 Å². The van der Waals surface area contributed by atoms with Crippen molar-refractivity contribution in [3.8, 4) is 0 Å². The molecule has 0 aliphatic heterocycles. The summed E-state index contributed by atoms with van der Waals surface area (Å²) in [5.41, 5.74) is 8.39. The van der Waals surface area contributed by atoms with Crippen molar-refractivity contribution in [2.24, 2.45) is 10.9 Å². The average molecular weight is 779 g/mol. The van der Waals surface area contributed by atoms with Crippen LogP contribution < -0.4 is 5.32 Å². The summed E-state index contributed by atoms with van der Waals surface area (Å²) < 4.78 is 6.50. The molecule has 0 aliphatic rings. The third kappa shape index (κ3) is 15.7. The van der Waals surface area contributed by atoms with Crippen LogP contribution in [0.5, 0.6) is 0 Å². The van der Waals surface area contributed by atoms with Gasteiger partial charge in [0.05, 0.1) is 23.4 Å². The summed E-state index contributed by atoms with van der Waals surface area (Å²) in [5, 5.41) is 3.23. The molecule has 1 N–H and O–H groups in total. The van der Waals surface area contributed by atoms with Gasteiger partial charge in [-0.15, -0.1) is 0 Å². The lowest BCUT2D eigenvalue weighted by Gasteiger charge is -2.18. The van der Waals surface area contributed by atoms with E-state index in [0.717, 1.165) is 43.0 Å². The normalized spacial score (nSPS) is 12.9. The maximum Gasteiger partial charge on any atom is 0.136 e. The van der Waals surface area contributed by atoms with Gasteiger partial charge in [0.1, 0.15) is 17.3 Å². The van der Waals surface area contributed by atoms with Gasteiger partial charge < -0.3 is 28.3 Å². The Morgan fingerprint density at radius 2 is 1.39 bits per heavy atom. The number of pyridine rings is 3. The Morgan fingerprint density at radius 1 is 0.772 bits per heavy atom. The standard InChI is InChI=1S/2C13H19N3.C11H15N3.C8H15N.C2H6/c1-10-5-6-16-12(7-10)9-14-13(16)8-11(2)15(3)4;1-10-6-5-7-16-12(10)9-14-13(16)8-11(2)15(3)4;1-9(12-2)7-10-8-13-11-5-3-4-6-14(10)11;1-5-9-8(4)6-7(2)3;1-2/h2*5-7,9,11H,8H2,1-4H3;3-6,8-9,12H,7H2,1-2H3;5,7H,1,6H2,2-4H3;1-2H3. The number of likely N-dealkylation sites (N-methyl/N-ethyl adjacent to an activating group) is 3. The third-order valence-corrected chi connectivity index (χ3v) is 9.86. The first-order valence-electron chi connectivity index (χ1n) is 20.5. The monoisotopic (exact) mass is 779 g/mol. The summed E-state index contributed by atoms with van der Waals surface area (Å²) in [7, 11) is 10.4. The maximum atomic E-state index is 4.51. The Bertz CT molecular complexity index is 2060. The van der Waals surface area contributed by atoms with Gasteiger partial charge in [0.15, 0.2) is 0 Å². The van der Waals surface area contributed by atoms with E-state index >= 15 is 0 Å². The smallest absolute Gasteiger partial charge is 0.136 e. The van der Waals surface area contributed by atoms with Crippen molar-refractivity contribution in [1.82, 2.24) is 43.3 Å². The Kier molecular flexibility index (Phi) is 21.2. The van der Waals surface area contributed by atoms with Crippen molar-refractivity contribution in [1.29, 1.82) is 0 Å². The zero-order chi connectivity index (χ0) is 42.7. The van der Waals surface area contributed by atoms with Gasteiger partial charge in [-0.25, -0.2) is 15.0 Å². The van der Waals surface area contributed by atoms with E-state index < -0.39 is 0 Å². The van der Waals surface area contributed by atoms with Crippen LogP contribution in [-0.4, -0.2) is 97.0 Å². The van der Waals surface area contributed by atoms with Gasteiger partial charge >= 0.3 is 0 Å². The van der Waals surface area contributed by atoms with E-state index in [2.05, 4.69) is 174 Å². The van der Waals surface area contributed by atoms with Crippen LogP contribution in [0.3, 0.4) is 0 Å². The molecule has 3 atom stereocenters. The molecule has 6 rings (SSSR count). The van der Waals surface area contributed by atoms with E-state index in [-0.39, 0.29) is 0 Å². The van der Waals surface area contributed by atoms with Gasteiger partial charge in [-0.3, -0.25) is 4.99 Å². The largest absolute Gasteiger partial charge is 0.317 e. The molecule has 10 nitrogen and oxygen atoms in total. The zero-order valence-electron chi connectivity index (χ0n) is 38.0. The molecule has 0 radical (unpaired) electrons. The molecule has 6 aromatic rings. The predicted molar refractivity (Wildman–Crippen MR) is 245 cm³/mol. The van der Waals surface area contributed by atoms with Gasteiger partial charge in [0.25, 0.3) is 0 Å². The number of imidazole rings is 3. The number of nitrogens with zero attached hydrogens (tertiary/aromatic N) is 9. The number of aryl methyl sites for hydroxylation is 2. The molecule has 0 aromatic carbocycles. The average Bonchev–Trinajstić information content (AvgIpc) is 3.90. The predicted octanol–water partition coefficient (Wildman–Crippen LogP) is 9.42. The van der Waals surface area contributed by atoms with Crippen LogP contribution in [0.15, 0.2) is 97.4 Å². The Labute approximate surface area is 344 Å². The molecular formula is C47H74N10. The first-order valence-corrected chi connectivity index (χ1v) is 20.5. The molecule has 0 saturated carbocycles. The van der Waals surface area contributed by atoms with E-state index in [9.17, 15) is 0 Å². The molecular weight excluding hydrogens is 705 g/mol. The second kappa shape index (κ2) is 24.9. The molecule has 3 unspecified atom stereocenters. The van der Waals surface area contributed by atoms with Crippen LogP contribution in [0.4, 0.5) is 0 Å². The number of hydrogen-bond acceptors (Lipinski definition) is 7. The van der Waals surface area contributed by atoms with E-state index in [1.807, 2.05) is 64.6 Å². The van der Waals surface area contributed by atoms with Gasteiger partial charge in [0, 0.05) is 79.8 Å². The lowest BCUT2D eigenvalue weighted by Crippen LogP contribution is -2.27. The molecule has 0 aliphatic carbocycles. The zero-order valence-corrected chi connectivity index (χ0v) is 38.0. The van der Waals surface area contributed by atoms with Crippen LogP contribution >= 0.6 is 0 Å². The minimum Gasteiger partial charge on any atom is -0.317 e. The number of aliphatic imine (C=N–C) groups is 1. The lowest BCUT2D eigenvalue weighted by atomic mass is 10.1. The molecule has 0 amide bonds. The molecule has 312 valence electrons. The minimum atomic E-state index is 0.482. The van der Waals surface area contributed by atoms with Gasteiger partial charge in [-0.2, -0.15) is 0 Å². The molecule has 6 aromatic heterocycles. The Balaban J connectivity index is 0.000000264. The molecule has 10 heteroatoms. The van der Waals surface area contributed by atoms with E-state index in [0.29, 0.717) is 24.0 Å². The lowest BCUT2D eigenvalue weighted by molar-refractivity contribution is 0.308. The molecule has 0 bridgehead atoms. The summed E-state index contributed by atoms with van der Waals surface area (Å²) in [6, 6.07) is 16.0. The molecule has 57 heavy (non-hydrogen) atoms. The Morgan fingerprint density at radius 3 is 1.98 bits per heavy atom. The van der Waals surface area contributed by atoms with Crippen molar-refractivity contribution in [3.05, 3.63) is 121 Å². The van der Waals surface area contributed by atoms with Crippen molar-refractivity contribution >= 4 is 22.4 Å². The van der Waals surface area contributed by atoms with E-state index in [1.165, 1.54) is 33.6 Å². The highest BCUT2D eigenvalue weighted by Crippen LogP contribution is 2.14. The summed E-state index contributed by atoms with van der Waals surface area (Å²) in [4.78, 5) is 21.8. The van der Waals surface area contributed by atoms with Crippen molar-refractivity contribution in [2.75, 3.05) is 35.2 Å². The number of fused-ring (bicyclic) bond motifs is 3. The second-order valence-corrected chi connectivity index (χ2v) is 15.5. The van der Waals surface area contributed by atoms with Gasteiger partial charge in [-0.05, 0) is 131 Å². The molecule has 0 spiro atoms. The van der Waals surface area contributed by atoms with Crippen LogP contribution in [-0.2, 0) is 19.3 Å². The minimum absolute atomic E-state index is 0.482. The van der Waals surface area contributed by atoms with Crippen LogP contribution in [0.25, 0.3) is 16.7 Å². The first kappa shape index (κ1) is 48.5. The van der Waals surface area contributed by atoms with Crippen molar-refractivity contribution < 1.29 is 0 Å². The Hall–Kier alpha value is -4.64. The number of hydrogen-bond donors (Lipinski definition) is 1. The second-order valence-electron chi connectivity index (χ2n) is 15.5. The van der Waals surface area contributed by atoms with Crippen molar-refractivity contribution in [2.45, 2.75) is 113 Å². The molecule has 6 heterocycles. The summed E-state index contributed by atoms with van der Waals surface area (Å²) in [6.07, 6.45) is 17.7. The summed E-state index contributed by atoms with van der Waals surface area (Å²) >= 11 is 0. The van der Waals surface area contributed by atoms with E-state index in [1.54, 1.807) is 6.20 Å². The third-order valence-electron chi connectivity index (χ3n) is 9.86.